The molecule has 23 heavy (non-hydrogen) atoms. The van der Waals surface area contributed by atoms with Crippen LogP contribution in [-0.2, 0) is 6.42 Å². The van der Waals surface area contributed by atoms with Gasteiger partial charge >= 0.3 is 0 Å². The molecule has 1 aromatic carbocycles. The predicted molar refractivity (Wildman–Crippen MR) is 104 cm³/mol. The van der Waals surface area contributed by atoms with Crippen LogP contribution in [0.4, 0.5) is 0 Å². The first-order valence-electron chi connectivity index (χ1n) is 9.65. The van der Waals surface area contributed by atoms with Crippen molar-refractivity contribution in [3.05, 3.63) is 46.5 Å². The number of rotatable bonds is 4. The summed E-state index contributed by atoms with van der Waals surface area (Å²) in [6.45, 7) is 2.24. The van der Waals surface area contributed by atoms with E-state index in [1.54, 1.807) is 5.56 Å². The van der Waals surface area contributed by atoms with Crippen molar-refractivity contribution in [1.82, 2.24) is 0 Å². The van der Waals surface area contributed by atoms with Crippen molar-refractivity contribution in [1.29, 1.82) is 0 Å². The number of benzene rings is 1. The van der Waals surface area contributed by atoms with E-state index in [-0.39, 0.29) is 0 Å². The molecule has 0 bridgehead atoms. The van der Waals surface area contributed by atoms with Crippen LogP contribution in [0.1, 0.15) is 75.3 Å². The Morgan fingerprint density at radius 3 is 1.96 bits per heavy atom. The van der Waals surface area contributed by atoms with Crippen molar-refractivity contribution in [2.45, 2.75) is 70.6 Å². The van der Waals surface area contributed by atoms with Crippen molar-refractivity contribution in [3.8, 4) is 0 Å². The van der Waals surface area contributed by atoms with E-state index >= 15 is 0 Å². The average Bonchev–Trinajstić information content (AvgIpc) is 2.63. The lowest BCUT2D eigenvalue weighted by Crippen LogP contribution is -2.25. The van der Waals surface area contributed by atoms with Crippen molar-refractivity contribution in [2.75, 3.05) is 0 Å². The van der Waals surface area contributed by atoms with Crippen LogP contribution in [0, 0.1) is 17.8 Å². The summed E-state index contributed by atoms with van der Waals surface area (Å²) in [5, 5.41) is 0. The first kappa shape index (κ1) is 17.3. The highest BCUT2D eigenvalue weighted by molar-refractivity contribution is 9.11. The summed E-state index contributed by atoms with van der Waals surface area (Å²) >= 11 is 3.43. The van der Waals surface area contributed by atoms with Crippen molar-refractivity contribution in [3.63, 3.8) is 0 Å². The lowest BCUT2D eigenvalue weighted by molar-refractivity contribution is 0.171. The molecular formula is C22H31Br. The minimum atomic E-state index is 0.824. The van der Waals surface area contributed by atoms with E-state index in [1.807, 2.05) is 0 Å². The molecule has 0 aromatic heterocycles. The number of allylic oxidation sites excluding steroid dienone is 1. The summed E-state index contributed by atoms with van der Waals surface area (Å²) in [5.41, 5.74) is 3.06. The molecule has 0 saturated heterocycles. The Bertz CT molecular complexity index is 485. The summed E-state index contributed by atoms with van der Waals surface area (Å²) in [6, 6.07) is 9.45. The zero-order valence-corrected chi connectivity index (χ0v) is 16.1. The second-order valence-electron chi connectivity index (χ2n) is 7.70. The first-order valence-corrected chi connectivity index (χ1v) is 10.6. The molecule has 2 fully saturated rings. The molecule has 0 radical (unpaired) electrons. The van der Waals surface area contributed by atoms with Gasteiger partial charge in [0, 0.05) is 0 Å². The van der Waals surface area contributed by atoms with Crippen LogP contribution >= 0.6 is 15.9 Å². The zero-order valence-electron chi connectivity index (χ0n) is 14.5. The Kier molecular flexibility index (Phi) is 6.39. The highest BCUT2D eigenvalue weighted by atomic mass is 79.9. The van der Waals surface area contributed by atoms with Crippen LogP contribution in [-0.4, -0.2) is 0 Å². The quantitative estimate of drug-likeness (QED) is 0.520. The van der Waals surface area contributed by atoms with Crippen LogP contribution in [0.25, 0.3) is 0 Å². The molecule has 1 heteroatoms. The van der Waals surface area contributed by atoms with Gasteiger partial charge in [0.05, 0.1) is 0 Å². The Hall–Kier alpha value is -0.560. The highest BCUT2D eigenvalue weighted by Gasteiger charge is 2.30. The van der Waals surface area contributed by atoms with Crippen LogP contribution in [0.5, 0.6) is 0 Å². The molecule has 0 atom stereocenters. The van der Waals surface area contributed by atoms with E-state index in [4.69, 9.17) is 0 Å². The molecular weight excluding hydrogens is 344 g/mol. The maximum absolute atomic E-state index is 3.43. The highest BCUT2D eigenvalue weighted by Crippen LogP contribution is 2.44. The topological polar surface area (TPSA) is 0 Å². The lowest BCUT2D eigenvalue weighted by Gasteiger charge is -2.37. The van der Waals surface area contributed by atoms with Crippen LogP contribution in [0.15, 0.2) is 35.3 Å². The number of aryl methyl sites for hydroxylation is 1. The maximum atomic E-state index is 3.43. The fourth-order valence-electron chi connectivity index (χ4n) is 4.86. The summed E-state index contributed by atoms with van der Waals surface area (Å²) in [7, 11) is 0. The molecule has 0 spiro atoms. The van der Waals surface area contributed by atoms with E-state index in [9.17, 15) is 0 Å². The molecule has 0 heterocycles. The summed E-state index contributed by atoms with van der Waals surface area (Å²) < 4.78 is 0. The Labute approximate surface area is 150 Å². The third kappa shape index (κ3) is 4.50. The smallest absolute Gasteiger partial charge is 0.0162 e. The van der Waals surface area contributed by atoms with Gasteiger partial charge < -0.3 is 0 Å². The van der Waals surface area contributed by atoms with Gasteiger partial charge in [0.25, 0.3) is 0 Å². The minimum Gasteiger partial charge on any atom is -0.0745 e. The standard InChI is InChI=1S/C22H31Br/c1-2-17-3-7-19(8-4-17)21-11-13-22(14-12-21)20-9-5-18(6-10-20)15-16-23/h3-4,7-8,15-16,18,20-22H,2,5-6,9-14H2,1H3/b16-15+/t18-,20-,21?,22?. The van der Waals surface area contributed by atoms with Crippen molar-refractivity contribution in [2.24, 2.45) is 17.8 Å². The molecule has 2 aliphatic carbocycles. The molecule has 2 saturated carbocycles. The third-order valence-corrected chi connectivity index (χ3v) is 6.76. The van der Waals surface area contributed by atoms with E-state index in [2.05, 4.69) is 58.2 Å². The molecule has 0 aliphatic heterocycles. The fraction of sp³-hybridized carbons (Fsp3) is 0.636. The number of halogens is 1. The molecule has 2 aliphatic rings. The Morgan fingerprint density at radius 2 is 1.43 bits per heavy atom. The molecule has 3 rings (SSSR count). The Balaban J connectivity index is 1.48. The van der Waals surface area contributed by atoms with Gasteiger partial charge in [0.15, 0.2) is 0 Å². The summed E-state index contributed by atoms with van der Waals surface area (Å²) in [6.07, 6.45) is 15.0. The molecule has 0 N–H and O–H groups in total. The normalized spacial score (nSPS) is 32.3. The predicted octanol–water partition coefficient (Wildman–Crippen LogP) is 7.24. The van der Waals surface area contributed by atoms with Gasteiger partial charge in [-0.3, -0.25) is 0 Å². The van der Waals surface area contributed by atoms with E-state index in [0.29, 0.717) is 0 Å². The van der Waals surface area contributed by atoms with Gasteiger partial charge in [-0.2, -0.15) is 0 Å². The molecule has 126 valence electrons. The molecule has 0 amide bonds. The first-order chi connectivity index (χ1) is 11.3. The van der Waals surface area contributed by atoms with Gasteiger partial charge in [-0.1, -0.05) is 53.2 Å². The summed E-state index contributed by atoms with van der Waals surface area (Å²) in [4.78, 5) is 2.06. The second-order valence-corrected chi connectivity index (χ2v) is 8.23. The van der Waals surface area contributed by atoms with Gasteiger partial charge in [0.1, 0.15) is 0 Å². The zero-order chi connectivity index (χ0) is 16.1. The molecule has 1 aromatic rings. The average molecular weight is 375 g/mol. The molecule has 0 unspecified atom stereocenters. The maximum Gasteiger partial charge on any atom is -0.0162 e. The fourth-order valence-corrected chi connectivity index (χ4v) is 5.29. The number of hydrogen-bond acceptors (Lipinski definition) is 0. The monoisotopic (exact) mass is 374 g/mol. The Morgan fingerprint density at radius 1 is 0.870 bits per heavy atom. The van der Waals surface area contributed by atoms with Gasteiger partial charge in [-0.25, -0.2) is 0 Å². The molecule has 0 nitrogen and oxygen atoms in total. The minimum absolute atomic E-state index is 0.824. The van der Waals surface area contributed by atoms with Crippen LogP contribution in [0.3, 0.4) is 0 Å². The van der Waals surface area contributed by atoms with Crippen molar-refractivity contribution < 1.29 is 0 Å². The van der Waals surface area contributed by atoms with Crippen LogP contribution < -0.4 is 0 Å². The number of hydrogen-bond donors (Lipinski definition) is 0. The SMILES string of the molecule is CCc1ccc(C2CCC([C@H]3CC[C@H](/C=C/Br)CC3)CC2)cc1. The third-order valence-electron chi connectivity index (χ3n) is 6.46. The van der Waals surface area contributed by atoms with Crippen molar-refractivity contribution >= 4 is 15.9 Å². The second kappa shape index (κ2) is 8.51. The van der Waals surface area contributed by atoms with E-state index in [0.717, 1.165) is 30.1 Å². The van der Waals surface area contributed by atoms with E-state index in [1.165, 1.54) is 56.9 Å². The van der Waals surface area contributed by atoms with Gasteiger partial charge in [0.2, 0.25) is 0 Å². The summed E-state index contributed by atoms with van der Waals surface area (Å²) in [5.74, 6) is 3.68. The lowest BCUT2D eigenvalue weighted by atomic mass is 9.68. The van der Waals surface area contributed by atoms with Gasteiger partial charge in [-0.15, -0.1) is 0 Å². The van der Waals surface area contributed by atoms with Gasteiger partial charge in [-0.05, 0) is 97.6 Å². The largest absolute Gasteiger partial charge is 0.0745 e. The van der Waals surface area contributed by atoms with Crippen LogP contribution in [0.2, 0.25) is 0 Å². The van der Waals surface area contributed by atoms with E-state index < -0.39 is 0 Å².